The summed E-state index contributed by atoms with van der Waals surface area (Å²) in [4.78, 5) is 11.9. The van der Waals surface area contributed by atoms with E-state index >= 15 is 0 Å². The Kier molecular flexibility index (Phi) is 7.80. The Morgan fingerprint density at radius 3 is 2.68 bits per heavy atom. The number of benzene rings is 1. The second-order valence-corrected chi connectivity index (χ2v) is 6.51. The molecule has 2 atom stereocenters. The van der Waals surface area contributed by atoms with E-state index in [1.54, 1.807) is 6.92 Å². The van der Waals surface area contributed by atoms with Gasteiger partial charge in [0.2, 0.25) is 0 Å². The first kappa shape index (κ1) is 18.4. The first-order valence-corrected chi connectivity index (χ1v) is 8.55. The number of ether oxygens (including phenoxy) is 2. The van der Waals surface area contributed by atoms with Crippen molar-refractivity contribution < 1.29 is 23.5 Å². The second kappa shape index (κ2) is 9.35. The highest BCUT2D eigenvalue weighted by atomic mass is 31.2. The van der Waals surface area contributed by atoms with Gasteiger partial charge in [0.25, 0.3) is 0 Å². The Balaban J connectivity index is 2.55. The van der Waals surface area contributed by atoms with Crippen molar-refractivity contribution in [2.75, 3.05) is 13.5 Å². The summed E-state index contributed by atoms with van der Waals surface area (Å²) in [6.07, 6.45) is 1.14. The molecule has 1 N–H and O–H groups in total. The lowest BCUT2D eigenvalue weighted by molar-refractivity contribution is -0.146. The maximum Gasteiger partial charge on any atom is 0.364 e. The molecule has 0 spiro atoms. The zero-order valence-corrected chi connectivity index (χ0v) is 13.8. The lowest BCUT2D eigenvalue weighted by Crippen LogP contribution is -2.34. The number of esters is 1. The minimum atomic E-state index is -3.41. The molecule has 0 aliphatic rings. The van der Waals surface area contributed by atoms with E-state index in [4.69, 9.17) is 14.1 Å². The normalized spacial score (nSPS) is 15.2. The van der Waals surface area contributed by atoms with Gasteiger partial charge in [-0.1, -0.05) is 35.5 Å². The number of carbonyl (C=O) groups is 1. The summed E-state index contributed by atoms with van der Waals surface area (Å²) in [6, 6.07) is 8.46. The van der Waals surface area contributed by atoms with Crippen molar-refractivity contribution in [1.82, 2.24) is 5.09 Å². The number of oxime groups is 1. The number of nitrogens with zero attached hydrogens (tertiary/aromatic N) is 1. The monoisotopic (exact) mass is 328 g/mol. The molecule has 1 rings (SSSR count). The average Bonchev–Trinajstić information content (AvgIpc) is 2.51. The van der Waals surface area contributed by atoms with Crippen LogP contribution in [0.4, 0.5) is 0 Å². The summed E-state index contributed by atoms with van der Waals surface area (Å²) in [6.45, 7) is 3.30. The first-order valence-electron chi connectivity index (χ1n) is 6.74. The Morgan fingerprint density at radius 1 is 1.41 bits per heavy atom. The summed E-state index contributed by atoms with van der Waals surface area (Å²) in [5.41, 5.74) is 0.870. The fourth-order valence-electron chi connectivity index (χ4n) is 1.58. The molecule has 0 amide bonds. The number of methoxy groups -OCH3 is 1. The van der Waals surface area contributed by atoms with E-state index in [0.29, 0.717) is 0 Å². The molecule has 0 radical (unpaired) electrons. The van der Waals surface area contributed by atoms with Gasteiger partial charge in [-0.25, -0.2) is 5.09 Å². The third-order valence-electron chi connectivity index (χ3n) is 2.55. The van der Waals surface area contributed by atoms with Crippen LogP contribution in [0.2, 0.25) is 0 Å². The van der Waals surface area contributed by atoms with Gasteiger partial charge in [0.05, 0.1) is 0 Å². The summed E-state index contributed by atoms with van der Waals surface area (Å²) >= 11 is 0. The lowest BCUT2D eigenvalue weighted by atomic mass is 10.2. The molecule has 0 saturated heterocycles. The molecule has 0 aromatic heterocycles. The van der Waals surface area contributed by atoms with Crippen molar-refractivity contribution in [3.8, 4) is 0 Å². The molecule has 8 heteroatoms. The van der Waals surface area contributed by atoms with E-state index < -0.39 is 19.5 Å². The molecule has 1 aromatic rings. The molecule has 1 unspecified atom stereocenters. The molecule has 22 heavy (non-hydrogen) atoms. The molecule has 0 aliphatic carbocycles. The minimum Gasteiger partial charge on any atom is -0.460 e. The Labute approximate surface area is 130 Å². The first-order chi connectivity index (χ1) is 10.5. The summed E-state index contributed by atoms with van der Waals surface area (Å²) in [5.74, 6) is -0.538. The van der Waals surface area contributed by atoms with Crippen LogP contribution in [0, 0.1) is 0 Å². The van der Waals surface area contributed by atoms with Crippen molar-refractivity contribution in [3.63, 3.8) is 0 Å². The van der Waals surface area contributed by atoms with Crippen LogP contribution in [0.3, 0.4) is 0 Å². The fourth-order valence-corrected chi connectivity index (χ4v) is 3.03. The second-order valence-electron chi connectivity index (χ2n) is 4.48. The van der Waals surface area contributed by atoms with E-state index in [-0.39, 0.29) is 13.0 Å². The molecular weight excluding hydrogens is 307 g/mol. The third-order valence-corrected chi connectivity index (χ3v) is 4.29. The van der Waals surface area contributed by atoms with Gasteiger partial charge >= 0.3 is 13.5 Å². The molecule has 0 bridgehead atoms. The minimum absolute atomic E-state index is 0.147. The summed E-state index contributed by atoms with van der Waals surface area (Å²) in [5, 5.41) is 6.07. The third kappa shape index (κ3) is 6.39. The predicted molar refractivity (Wildman–Crippen MR) is 83.6 cm³/mol. The largest absolute Gasteiger partial charge is 0.460 e. The highest BCUT2D eigenvalue weighted by molar-refractivity contribution is 7.56. The number of carbonyl (C=O) groups excluding carboxylic acids is 1. The Morgan fingerprint density at radius 2 is 2.09 bits per heavy atom. The van der Waals surface area contributed by atoms with Gasteiger partial charge in [0, 0.05) is 13.3 Å². The maximum absolute atomic E-state index is 12.4. The SMILES string of the molecule is C/C=N\OP(=O)(COC)N[C@@H](C)C(=O)OCc1ccccc1. The van der Waals surface area contributed by atoms with Crippen LogP contribution >= 0.6 is 7.52 Å². The molecule has 0 saturated carbocycles. The van der Waals surface area contributed by atoms with Gasteiger partial charge in [-0.05, 0) is 19.4 Å². The molecule has 0 aliphatic heterocycles. The van der Waals surface area contributed by atoms with Gasteiger partial charge in [0.15, 0.2) is 0 Å². The quantitative estimate of drug-likeness (QED) is 0.324. The predicted octanol–water partition coefficient (Wildman–Crippen LogP) is 2.53. The van der Waals surface area contributed by atoms with Crippen LogP contribution in [-0.4, -0.2) is 31.7 Å². The maximum atomic E-state index is 12.4. The molecular formula is C14H21N2O5P. The zero-order valence-electron chi connectivity index (χ0n) is 12.9. The summed E-state index contributed by atoms with van der Waals surface area (Å²) < 4.78 is 27.3. The van der Waals surface area contributed by atoms with Crippen molar-refractivity contribution >= 4 is 19.7 Å². The average molecular weight is 328 g/mol. The van der Waals surface area contributed by atoms with Crippen LogP contribution in [0.5, 0.6) is 0 Å². The Bertz CT molecular complexity index is 535. The Hall–Kier alpha value is -1.69. The van der Waals surface area contributed by atoms with E-state index in [1.807, 2.05) is 30.3 Å². The fraction of sp³-hybridized carbons (Fsp3) is 0.429. The number of rotatable bonds is 9. The molecule has 0 heterocycles. The van der Waals surface area contributed by atoms with Crippen molar-refractivity contribution in [2.45, 2.75) is 26.5 Å². The van der Waals surface area contributed by atoms with Crippen LogP contribution in [0.1, 0.15) is 19.4 Å². The number of hydrogen-bond acceptors (Lipinski definition) is 6. The van der Waals surface area contributed by atoms with Crippen LogP contribution in [0.25, 0.3) is 0 Å². The smallest absolute Gasteiger partial charge is 0.364 e. The zero-order chi connectivity index (χ0) is 16.4. The van der Waals surface area contributed by atoms with Gasteiger partial charge < -0.3 is 14.1 Å². The van der Waals surface area contributed by atoms with E-state index in [0.717, 1.165) is 5.56 Å². The van der Waals surface area contributed by atoms with Crippen molar-refractivity contribution in [3.05, 3.63) is 35.9 Å². The van der Waals surface area contributed by atoms with Crippen LogP contribution in [0.15, 0.2) is 35.5 Å². The highest BCUT2D eigenvalue weighted by Gasteiger charge is 2.30. The van der Waals surface area contributed by atoms with Gasteiger partial charge in [-0.3, -0.25) is 9.36 Å². The van der Waals surface area contributed by atoms with Crippen LogP contribution in [-0.2, 0) is 30.1 Å². The molecule has 0 fully saturated rings. The van der Waals surface area contributed by atoms with E-state index in [9.17, 15) is 9.36 Å². The van der Waals surface area contributed by atoms with Crippen LogP contribution < -0.4 is 5.09 Å². The highest BCUT2D eigenvalue weighted by Crippen LogP contribution is 2.43. The molecule has 7 nitrogen and oxygen atoms in total. The molecule has 122 valence electrons. The van der Waals surface area contributed by atoms with E-state index in [2.05, 4.69) is 10.2 Å². The summed E-state index contributed by atoms with van der Waals surface area (Å²) in [7, 11) is -2.03. The van der Waals surface area contributed by atoms with Crippen molar-refractivity contribution in [2.24, 2.45) is 5.16 Å². The number of nitrogens with one attached hydrogen (secondary N) is 1. The van der Waals surface area contributed by atoms with Gasteiger partial charge in [-0.2, -0.15) is 0 Å². The standard InChI is InChI=1S/C14H21N2O5P/c1-4-15-21-22(18,11-19-3)16-12(2)14(17)20-10-13-8-6-5-7-9-13/h4-9,12H,10-11H2,1-3H3,(H,16,18)/b15-4-/t12-,22?/m0/s1. The topological polar surface area (TPSA) is 86.2 Å². The van der Waals surface area contributed by atoms with Gasteiger partial charge in [0.1, 0.15) is 19.0 Å². The van der Waals surface area contributed by atoms with Gasteiger partial charge in [-0.15, -0.1) is 0 Å². The van der Waals surface area contributed by atoms with E-state index in [1.165, 1.54) is 20.2 Å². The van der Waals surface area contributed by atoms with Crippen molar-refractivity contribution in [1.29, 1.82) is 0 Å². The molecule has 1 aromatic carbocycles. The lowest BCUT2D eigenvalue weighted by Gasteiger charge is -2.19. The number of hydrogen-bond donors (Lipinski definition) is 1.